The van der Waals surface area contributed by atoms with Crippen LogP contribution in [0.25, 0.3) is 0 Å². The van der Waals surface area contributed by atoms with Crippen LogP contribution >= 0.6 is 0 Å². The van der Waals surface area contributed by atoms with Crippen molar-refractivity contribution in [2.75, 3.05) is 13.2 Å². The first-order valence-electron chi connectivity index (χ1n) is 13.4. The Balaban J connectivity index is 1.33. The second-order valence-electron chi connectivity index (χ2n) is 10.6. The minimum Gasteiger partial charge on any atom is -0.508 e. The molecule has 0 saturated carbocycles. The molecule has 3 aliphatic rings. The van der Waals surface area contributed by atoms with Gasteiger partial charge in [-0.2, -0.15) is 0 Å². The molecule has 0 spiro atoms. The number of benzene rings is 2. The SMILES string of the molecule is OC[C@H]1O[C@@H](Oc2ccc([C@H]3Oc4cc(O)cc(O[C@@H]5O[C@H](CO)[C@@H](O)[C@H](O)[C@H]5O)c4C[C@@H]3O)cc2O)[C@H](O)[C@@H](O)[C@@H]1O. The maximum atomic E-state index is 11.0. The monoisotopic (exact) mass is 614 g/mol. The maximum absolute atomic E-state index is 11.0. The Kier molecular flexibility index (Phi) is 9.17. The van der Waals surface area contributed by atoms with Crippen molar-refractivity contribution < 1.29 is 79.9 Å². The summed E-state index contributed by atoms with van der Waals surface area (Å²) in [5.74, 6) is -0.955. The van der Waals surface area contributed by atoms with Crippen LogP contribution < -0.4 is 14.2 Å². The number of phenolic OH excluding ortho intramolecular Hbond substituents is 2. The number of ether oxygens (including phenoxy) is 5. The summed E-state index contributed by atoms with van der Waals surface area (Å²) in [5, 5.41) is 111. The zero-order valence-electron chi connectivity index (χ0n) is 22.4. The van der Waals surface area contributed by atoms with Gasteiger partial charge in [0.15, 0.2) is 11.5 Å². The Labute approximate surface area is 243 Å². The molecule has 0 bridgehead atoms. The first-order chi connectivity index (χ1) is 20.4. The van der Waals surface area contributed by atoms with E-state index in [1.165, 1.54) is 30.3 Å². The van der Waals surface area contributed by atoms with Crippen molar-refractivity contribution in [1.29, 1.82) is 0 Å². The lowest BCUT2D eigenvalue weighted by atomic mass is 9.93. The third-order valence-electron chi connectivity index (χ3n) is 7.66. The van der Waals surface area contributed by atoms with Crippen molar-refractivity contribution in [3.05, 3.63) is 41.5 Å². The first kappa shape index (κ1) is 31.4. The van der Waals surface area contributed by atoms with Gasteiger partial charge in [-0.25, -0.2) is 0 Å². The van der Waals surface area contributed by atoms with E-state index >= 15 is 0 Å². The summed E-state index contributed by atoms with van der Waals surface area (Å²) in [5.41, 5.74) is 0.543. The summed E-state index contributed by atoms with van der Waals surface area (Å²) in [6, 6.07) is 6.37. The predicted molar refractivity (Wildman–Crippen MR) is 138 cm³/mol. The minimum atomic E-state index is -1.72. The predicted octanol–water partition coefficient (Wildman–Crippen LogP) is -3.51. The van der Waals surface area contributed by atoms with Crippen LogP contribution in [0.1, 0.15) is 17.2 Å². The van der Waals surface area contributed by atoms with Crippen LogP contribution in [0.4, 0.5) is 0 Å². The lowest BCUT2D eigenvalue weighted by molar-refractivity contribution is -0.277. The van der Waals surface area contributed by atoms with Gasteiger partial charge in [0, 0.05) is 24.1 Å². The van der Waals surface area contributed by atoms with E-state index < -0.39 is 92.6 Å². The molecule has 2 fully saturated rings. The van der Waals surface area contributed by atoms with Crippen LogP contribution in [0, 0.1) is 0 Å². The zero-order chi connectivity index (χ0) is 31.2. The summed E-state index contributed by atoms with van der Waals surface area (Å²) in [7, 11) is 0. The second-order valence-corrected chi connectivity index (χ2v) is 10.6. The molecule has 0 aliphatic carbocycles. The second kappa shape index (κ2) is 12.5. The van der Waals surface area contributed by atoms with Gasteiger partial charge in [0.05, 0.1) is 19.3 Å². The van der Waals surface area contributed by atoms with E-state index in [1.54, 1.807) is 0 Å². The number of aromatic hydroxyl groups is 2. The van der Waals surface area contributed by atoms with Crippen molar-refractivity contribution >= 4 is 0 Å². The van der Waals surface area contributed by atoms with E-state index in [0.29, 0.717) is 0 Å². The molecule has 3 heterocycles. The van der Waals surface area contributed by atoms with Crippen molar-refractivity contribution in [1.82, 2.24) is 0 Å². The molecule has 2 saturated heterocycles. The molecule has 16 heteroatoms. The van der Waals surface area contributed by atoms with Crippen molar-refractivity contribution in [2.45, 2.75) is 80.0 Å². The molecule has 2 aromatic carbocycles. The van der Waals surface area contributed by atoms with Crippen molar-refractivity contribution in [3.63, 3.8) is 0 Å². The number of aliphatic hydroxyl groups excluding tert-OH is 9. The molecule has 12 atom stereocenters. The average molecular weight is 615 g/mol. The third-order valence-corrected chi connectivity index (χ3v) is 7.66. The Morgan fingerprint density at radius 2 is 1.23 bits per heavy atom. The minimum absolute atomic E-state index is 0.0667. The maximum Gasteiger partial charge on any atom is 0.229 e. The van der Waals surface area contributed by atoms with Gasteiger partial charge in [-0.1, -0.05) is 6.07 Å². The average Bonchev–Trinajstić information content (AvgIpc) is 2.98. The van der Waals surface area contributed by atoms with E-state index in [2.05, 4.69) is 0 Å². The molecule has 5 rings (SSSR count). The molecule has 238 valence electrons. The van der Waals surface area contributed by atoms with Gasteiger partial charge < -0.3 is 79.9 Å². The van der Waals surface area contributed by atoms with Crippen LogP contribution in [0.5, 0.6) is 28.7 Å². The summed E-state index contributed by atoms with van der Waals surface area (Å²) in [6.07, 6.45) is -17.9. The summed E-state index contributed by atoms with van der Waals surface area (Å²) in [4.78, 5) is 0. The Morgan fingerprint density at radius 3 is 1.77 bits per heavy atom. The fraction of sp³-hybridized carbons (Fsp3) is 0.556. The Morgan fingerprint density at radius 1 is 0.674 bits per heavy atom. The van der Waals surface area contributed by atoms with Gasteiger partial charge in [-0.05, 0) is 17.7 Å². The number of hydrogen-bond donors (Lipinski definition) is 11. The highest BCUT2D eigenvalue weighted by molar-refractivity contribution is 5.53. The molecule has 16 nitrogen and oxygen atoms in total. The van der Waals surface area contributed by atoms with Gasteiger partial charge in [0.25, 0.3) is 0 Å². The molecule has 43 heavy (non-hydrogen) atoms. The number of phenols is 2. The highest BCUT2D eigenvalue weighted by atomic mass is 16.7. The lowest BCUT2D eigenvalue weighted by Gasteiger charge is -2.40. The molecular formula is C27H34O16. The quantitative estimate of drug-likeness (QED) is 0.144. The van der Waals surface area contributed by atoms with Gasteiger partial charge in [0.2, 0.25) is 12.6 Å². The Bertz CT molecular complexity index is 1270. The third kappa shape index (κ3) is 6.04. The molecule has 0 unspecified atom stereocenters. The van der Waals surface area contributed by atoms with E-state index in [-0.39, 0.29) is 40.5 Å². The van der Waals surface area contributed by atoms with Crippen LogP contribution in [0.15, 0.2) is 30.3 Å². The van der Waals surface area contributed by atoms with Crippen LogP contribution in [-0.2, 0) is 15.9 Å². The van der Waals surface area contributed by atoms with Gasteiger partial charge in [-0.15, -0.1) is 0 Å². The van der Waals surface area contributed by atoms with Crippen LogP contribution in [0.3, 0.4) is 0 Å². The standard InChI is InChI=1S/C27H34O16/c28-7-17-19(33)21(35)23(37)26(42-17)40-14-2-1-9(3-12(14)31)25-13(32)6-11-15(39-25)4-10(30)5-16(11)41-27-24(38)22(36)20(34)18(8-29)43-27/h1-5,13,17-38H,6-8H2/t13-,17+,18+,19+,20+,21-,22-,23+,24+,25+,26+,27+/m0/s1. The van der Waals surface area contributed by atoms with Gasteiger partial charge >= 0.3 is 0 Å². The molecule has 3 aliphatic heterocycles. The van der Waals surface area contributed by atoms with Gasteiger partial charge in [-0.3, -0.25) is 0 Å². The van der Waals surface area contributed by atoms with E-state index in [4.69, 9.17) is 23.7 Å². The number of fused-ring (bicyclic) bond motifs is 1. The highest BCUT2D eigenvalue weighted by Gasteiger charge is 2.46. The van der Waals surface area contributed by atoms with E-state index in [1.807, 2.05) is 0 Å². The molecular weight excluding hydrogens is 580 g/mol. The molecule has 0 radical (unpaired) electrons. The fourth-order valence-corrected chi connectivity index (χ4v) is 5.23. The normalized spacial score (nSPS) is 37.7. The number of rotatable bonds is 7. The molecule has 0 aromatic heterocycles. The van der Waals surface area contributed by atoms with E-state index in [0.717, 1.165) is 0 Å². The molecule has 0 amide bonds. The first-order valence-corrected chi connectivity index (χ1v) is 13.4. The smallest absolute Gasteiger partial charge is 0.229 e. The largest absolute Gasteiger partial charge is 0.508 e. The summed E-state index contributed by atoms with van der Waals surface area (Å²) >= 11 is 0. The van der Waals surface area contributed by atoms with Crippen molar-refractivity contribution in [2.24, 2.45) is 0 Å². The summed E-state index contributed by atoms with van der Waals surface area (Å²) in [6.45, 7) is -1.34. The molecule has 2 aromatic rings. The fourth-order valence-electron chi connectivity index (χ4n) is 5.23. The zero-order valence-corrected chi connectivity index (χ0v) is 22.4. The highest BCUT2D eigenvalue weighted by Crippen LogP contribution is 2.44. The topological polar surface area (TPSA) is 269 Å². The Hall–Kier alpha value is -3.00. The number of hydrogen-bond acceptors (Lipinski definition) is 16. The van der Waals surface area contributed by atoms with E-state index in [9.17, 15) is 56.2 Å². The number of aliphatic hydroxyl groups is 9. The van der Waals surface area contributed by atoms with Gasteiger partial charge in [0.1, 0.15) is 72.2 Å². The van der Waals surface area contributed by atoms with Crippen LogP contribution in [-0.4, -0.2) is 137 Å². The molecule has 11 N–H and O–H groups in total. The van der Waals surface area contributed by atoms with Crippen molar-refractivity contribution in [3.8, 4) is 28.7 Å². The summed E-state index contributed by atoms with van der Waals surface area (Å²) < 4.78 is 27.8. The van der Waals surface area contributed by atoms with Crippen LogP contribution in [0.2, 0.25) is 0 Å². The lowest BCUT2D eigenvalue weighted by Crippen LogP contribution is -2.60.